The zero-order chi connectivity index (χ0) is 24.4. The summed E-state index contributed by atoms with van der Waals surface area (Å²) in [5.74, 6) is -2.20. The summed E-state index contributed by atoms with van der Waals surface area (Å²) in [4.78, 5) is 41.7. The van der Waals surface area contributed by atoms with Crippen LogP contribution in [0.5, 0.6) is 0 Å². The molecule has 3 heterocycles. The molecule has 3 rings (SSSR count). The van der Waals surface area contributed by atoms with Crippen molar-refractivity contribution in [2.45, 2.75) is 53.4 Å². The molecule has 0 bridgehead atoms. The first-order chi connectivity index (χ1) is 15.5. The van der Waals surface area contributed by atoms with Crippen LogP contribution in [-0.4, -0.2) is 44.0 Å². The van der Waals surface area contributed by atoms with Gasteiger partial charge in [-0.1, -0.05) is 0 Å². The largest absolute Gasteiger partial charge is 0.493 e. The summed E-state index contributed by atoms with van der Waals surface area (Å²) in [6, 6.07) is 0. The number of aliphatic hydroxyl groups excluding tert-OH is 1. The Morgan fingerprint density at radius 2 is 1.55 bits per heavy atom. The van der Waals surface area contributed by atoms with Crippen molar-refractivity contribution in [3.63, 3.8) is 0 Å². The number of carbonyl (C=O) groups is 3. The molecule has 0 saturated heterocycles. The van der Waals surface area contributed by atoms with E-state index in [0.29, 0.717) is 39.5 Å². The summed E-state index contributed by atoms with van der Waals surface area (Å²) in [7, 11) is 0. The Morgan fingerprint density at radius 3 is 2.12 bits per heavy atom. The summed E-state index contributed by atoms with van der Waals surface area (Å²) in [5.41, 5.74) is 6.66. The first kappa shape index (κ1) is 23.8. The molecule has 0 atom stereocenters. The molecule has 2 aliphatic rings. The van der Waals surface area contributed by atoms with Crippen LogP contribution in [0.1, 0.15) is 62.5 Å². The first-order valence-electron chi connectivity index (χ1n) is 10.5. The molecule has 9 nitrogen and oxygen atoms in total. The smallest absolute Gasteiger partial charge is 0.303 e. The van der Waals surface area contributed by atoms with Gasteiger partial charge in [-0.05, 0) is 75.0 Å². The molecule has 1 aromatic rings. The minimum atomic E-state index is -0.954. The van der Waals surface area contributed by atoms with Crippen LogP contribution < -0.4 is 5.32 Å². The second-order valence-corrected chi connectivity index (χ2v) is 8.17. The zero-order valence-electron chi connectivity index (χ0n) is 19.0. The van der Waals surface area contributed by atoms with E-state index in [-0.39, 0.29) is 37.5 Å². The van der Waals surface area contributed by atoms with E-state index in [0.717, 1.165) is 16.7 Å². The molecule has 0 fully saturated rings. The van der Waals surface area contributed by atoms with Crippen molar-refractivity contribution in [1.82, 2.24) is 10.3 Å². The molecule has 1 aromatic heterocycles. The van der Waals surface area contributed by atoms with E-state index >= 15 is 0 Å². The number of aliphatic carboxylic acids is 2. The summed E-state index contributed by atoms with van der Waals surface area (Å²) in [5, 5.41) is 31.2. The summed E-state index contributed by atoms with van der Waals surface area (Å²) in [6.07, 6.45) is 3.81. The van der Waals surface area contributed by atoms with Gasteiger partial charge < -0.3 is 25.6 Å². The number of nitrogens with zero attached hydrogens (tertiary/aromatic N) is 1. The average Bonchev–Trinajstić information content (AvgIpc) is 3.27. The number of hydrogen-bond acceptors (Lipinski definition) is 4. The van der Waals surface area contributed by atoms with Crippen molar-refractivity contribution in [3.8, 4) is 0 Å². The topological polar surface area (TPSA) is 152 Å². The SMILES string of the molecule is CC1=C(CCC(=O)O)/C(=C/c2[nH]c(/C=C3\NC(=O)C(C)=C3C)c(C)c2CCC(=O)O)N=C1O. The van der Waals surface area contributed by atoms with Crippen LogP contribution >= 0.6 is 0 Å². The predicted molar refractivity (Wildman–Crippen MR) is 124 cm³/mol. The Labute approximate surface area is 190 Å². The molecule has 0 spiro atoms. The molecular formula is C24H27N3O6. The van der Waals surface area contributed by atoms with Gasteiger partial charge in [-0.2, -0.15) is 0 Å². The molecule has 9 heteroatoms. The number of carbonyl (C=O) groups excluding carboxylic acids is 1. The van der Waals surface area contributed by atoms with E-state index in [2.05, 4.69) is 15.3 Å². The highest BCUT2D eigenvalue weighted by Gasteiger charge is 2.24. The highest BCUT2D eigenvalue weighted by atomic mass is 16.4. The number of amides is 1. The molecule has 2 aliphatic heterocycles. The van der Waals surface area contributed by atoms with Crippen molar-refractivity contribution in [3.05, 3.63) is 56.2 Å². The number of aliphatic hydroxyl groups is 1. The lowest BCUT2D eigenvalue weighted by molar-refractivity contribution is -0.138. The number of carboxylic acids is 2. The summed E-state index contributed by atoms with van der Waals surface area (Å²) < 4.78 is 0. The normalized spacial score (nSPS) is 18.5. The Morgan fingerprint density at radius 1 is 0.909 bits per heavy atom. The van der Waals surface area contributed by atoms with Crippen LogP contribution in [0, 0.1) is 6.92 Å². The number of hydrogen-bond donors (Lipinski definition) is 5. The van der Waals surface area contributed by atoms with Gasteiger partial charge in [0, 0.05) is 41.1 Å². The molecule has 0 aliphatic carbocycles. The van der Waals surface area contributed by atoms with Crippen LogP contribution in [0.15, 0.2) is 38.7 Å². The van der Waals surface area contributed by atoms with E-state index in [1.165, 1.54) is 0 Å². The molecular weight excluding hydrogens is 426 g/mol. The average molecular weight is 453 g/mol. The molecule has 5 N–H and O–H groups in total. The van der Waals surface area contributed by atoms with Gasteiger partial charge in [0.15, 0.2) is 0 Å². The first-order valence-corrected chi connectivity index (χ1v) is 10.5. The lowest BCUT2D eigenvalue weighted by Gasteiger charge is -2.05. The van der Waals surface area contributed by atoms with E-state index in [1.54, 1.807) is 19.9 Å². The quantitative estimate of drug-likeness (QED) is 0.405. The van der Waals surface area contributed by atoms with Gasteiger partial charge in [-0.3, -0.25) is 14.4 Å². The second-order valence-electron chi connectivity index (χ2n) is 8.17. The van der Waals surface area contributed by atoms with Crippen LogP contribution in [-0.2, 0) is 20.8 Å². The lowest BCUT2D eigenvalue weighted by Crippen LogP contribution is -2.15. The Bertz CT molecular complexity index is 1210. The van der Waals surface area contributed by atoms with Gasteiger partial charge in [0.05, 0.1) is 5.70 Å². The Balaban J connectivity index is 2.07. The maximum Gasteiger partial charge on any atom is 0.303 e. The van der Waals surface area contributed by atoms with Crippen molar-refractivity contribution in [1.29, 1.82) is 0 Å². The minimum absolute atomic E-state index is 0.0745. The molecule has 33 heavy (non-hydrogen) atoms. The molecule has 0 saturated carbocycles. The van der Waals surface area contributed by atoms with Gasteiger partial charge in [0.2, 0.25) is 5.90 Å². The van der Waals surface area contributed by atoms with Crippen LogP contribution in [0.3, 0.4) is 0 Å². The van der Waals surface area contributed by atoms with Gasteiger partial charge in [0.25, 0.3) is 5.91 Å². The van der Waals surface area contributed by atoms with E-state index in [4.69, 9.17) is 5.11 Å². The van der Waals surface area contributed by atoms with Gasteiger partial charge in [-0.15, -0.1) is 0 Å². The van der Waals surface area contributed by atoms with E-state index in [9.17, 15) is 24.6 Å². The van der Waals surface area contributed by atoms with Crippen LogP contribution in [0.25, 0.3) is 12.2 Å². The second kappa shape index (κ2) is 9.32. The Hall–Kier alpha value is -3.88. The standard InChI is InChI=1S/C24H27N3O6/c1-11-12(2)23(32)26-17(11)9-18-13(3)15(5-7-21(28)29)19(25-18)10-20-16(6-8-22(30)31)14(4)24(33)27-20/h9-10,25H,5-8H2,1-4H3,(H,26,32)(H,27,33)(H,28,29)(H,30,31)/b17-9-,20-10-. The molecule has 0 unspecified atom stereocenters. The zero-order valence-corrected chi connectivity index (χ0v) is 19.0. The Kier molecular flexibility index (Phi) is 6.71. The highest BCUT2D eigenvalue weighted by molar-refractivity contribution is 6.01. The van der Waals surface area contributed by atoms with Crippen molar-refractivity contribution < 1.29 is 29.7 Å². The molecule has 0 aromatic carbocycles. The third-order valence-electron chi connectivity index (χ3n) is 6.08. The lowest BCUT2D eigenvalue weighted by atomic mass is 10.00. The number of aliphatic imine (C=N–C) groups is 1. The fourth-order valence-electron chi connectivity index (χ4n) is 3.87. The monoisotopic (exact) mass is 453 g/mol. The maximum absolute atomic E-state index is 12.0. The fraction of sp³-hybridized carbons (Fsp3) is 0.333. The van der Waals surface area contributed by atoms with Gasteiger partial charge in [-0.25, -0.2) is 4.99 Å². The van der Waals surface area contributed by atoms with Crippen LogP contribution in [0.4, 0.5) is 0 Å². The molecule has 174 valence electrons. The van der Waals surface area contributed by atoms with Crippen molar-refractivity contribution in [2.75, 3.05) is 0 Å². The number of H-pyrrole nitrogens is 1. The number of aromatic amines is 1. The van der Waals surface area contributed by atoms with E-state index in [1.807, 2.05) is 19.9 Å². The minimum Gasteiger partial charge on any atom is -0.493 e. The maximum atomic E-state index is 12.0. The van der Waals surface area contributed by atoms with E-state index < -0.39 is 11.9 Å². The third kappa shape index (κ3) is 4.97. The number of carboxylic acid groups (broad SMARTS) is 2. The highest BCUT2D eigenvalue weighted by Crippen LogP contribution is 2.33. The predicted octanol–water partition coefficient (Wildman–Crippen LogP) is 3.64. The van der Waals surface area contributed by atoms with Gasteiger partial charge in [0.1, 0.15) is 0 Å². The summed E-state index contributed by atoms with van der Waals surface area (Å²) >= 11 is 0. The van der Waals surface area contributed by atoms with Crippen molar-refractivity contribution in [2.24, 2.45) is 4.99 Å². The van der Waals surface area contributed by atoms with Crippen molar-refractivity contribution >= 4 is 35.9 Å². The number of nitrogens with one attached hydrogen (secondary N) is 2. The van der Waals surface area contributed by atoms with Crippen LogP contribution in [0.2, 0.25) is 0 Å². The fourth-order valence-corrected chi connectivity index (χ4v) is 3.87. The number of aromatic nitrogens is 1. The van der Waals surface area contributed by atoms with Gasteiger partial charge >= 0.3 is 11.9 Å². The number of rotatable bonds is 8. The molecule has 0 radical (unpaired) electrons. The molecule has 1 amide bonds. The number of allylic oxidation sites excluding steroid dienone is 2. The third-order valence-corrected chi connectivity index (χ3v) is 6.08. The summed E-state index contributed by atoms with van der Waals surface area (Å²) in [6.45, 7) is 7.15.